The maximum atomic E-state index is 11.8. The molecule has 2 heterocycles. The quantitative estimate of drug-likeness (QED) is 0.752. The molecule has 0 saturated heterocycles. The molecule has 22 heavy (non-hydrogen) atoms. The largest absolute Gasteiger partial charge is 0.354 e. The third-order valence-corrected chi connectivity index (χ3v) is 3.59. The van der Waals surface area contributed by atoms with Crippen LogP contribution >= 0.6 is 0 Å². The van der Waals surface area contributed by atoms with E-state index in [2.05, 4.69) is 33.0 Å². The fourth-order valence-corrected chi connectivity index (χ4v) is 2.58. The summed E-state index contributed by atoms with van der Waals surface area (Å²) in [5.41, 5.74) is 2.14. The van der Waals surface area contributed by atoms with Crippen LogP contribution in [0.15, 0.2) is 42.7 Å². The van der Waals surface area contributed by atoms with Gasteiger partial charge in [0.15, 0.2) is 0 Å². The lowest BCUT2D eigenvalue weighted by atomic mass is 10.3. The second-order valence-electron chi connectivity index (χ2n) is 5.06. The first-order valence-electron chi connectivity index (χ1n) is 7.46. The highest BCUT2D eigenvalue weighted by Gasteiger charge is 2.09. The molecule has 0 unspecified atom stereocenters. The SMILES string of the molecule is CCn1c(CCNC(=O)Cn2cccn2)nc2ccccc21. The van der Waals surface area contributed by atoms with E-state index in [1.165, 1.54) is 0 Å². The number of benzene rings is 1. The number of nitrogens with zero attached hydrogens (tertiary/aromatic N) is 4. The van der Waals surface area contributed by atoms with Gasteiger partial charge in [-0.1, -0.05) is 12.1 Å². The normalized spacial score (nSPS) is 11.0. The van der Waals surface area contributed by atoms with Crippen molar-refractivity contribution in [3.8, 4) is 0 Å². The van der Waals surface area contributed by atoms with Gasteiger partial charge in [-0.15, -0.1) is 0 Å². The molecule has 3 rings (SSSR count). The molecule has 0 fully saturated rings. The van der Waals surface area contributed by atoms with Crippen molar-refractivity contribution >= 4 is 16.9 Å². The minimum Gasteiger partial charge on any atom is -0.354 e. The van der Waals surface area contributed by atoms with E-state index in [4.69, 9.17) is 0 Å². The van der Waals surface area contributed by atoms with Crippen LogP contribution < -0.4 is 5.32 Å². The molecule has 0 saturated carbocycles. The van der Waals surface area contributed by atoms with E-state index in [0.717, 1.165) is 23.4 Å². The summed E-state index contributed by atoms with van der Waals surface area (Å²) in [5.74, 6) is 0.964. The number of hydrogen-bond acceptors (Lipinski definition) is 3. The molecule has 114 valence electrons. The zero-order valence-corrected chi connectivity index (χ0v) is 12.6. The first-order valence-corrected chi connectivity index (χ1v) is 7.46. The zero-order chi connectivity index (χ0) is 15.4. The molecule has 0 aliphatic heterocycles. The first-order chi connectivity index (χ1) is 10.8. The van der Waals surface area contributed by atoms with Crippen LogP contribution in [-0.2, 0) is 24.3 Å². The Balaban J connectivity index is 1.60. The molecule has 6 nitrogen and oxygen atoms in total. The van der Waals surface area contributed by atoms with Crippen molar-refractivity contribution in [3.63, 3.8) is 0 Å². The van der Waals surface area contributed by atoms with Gasteiger partial charge in [0.1, 0.15) is 12.4 Å². The highest BCUT2D eigenvalue weighted by atomic mass is 16.2. The van der Waals surface area contributed by atoms with E-state index in [1.807, 2.05) is 18.2 Å². The molecule has 0 bridgehead atoms. The number of amides is 1. The summed E-state index contributed by atoms with van der Waals surface area (Å²) in [6.45, 7) is 3.80. The highest BCUT2D eigenvalue weighted by molar-refractivity contribution is 5.76. The predicted molar refractivity (Wildman–Crippen MR) is 84.3 cm³/mol. The van der Waals surface area contributed by atoms with Crippen molar-refractivity contribution in [2.45, 2.75) is 26.4 Å². The Morgan fingerprint density at radius 3 is 2.91 bits per heavy atom. The maximum absolute atomic E-state index is 11.8. The molecular formula is C16H19N5O. The van der Waals surface area contributed by atoms with Crippen LogP contribution in [0.2, 0.25) is 0 Å². The van der Waals surface area contributed by atoms with E-state index in [9.17, 15) is 4.79 Å². The Bertz CT molecular complexity index is 760. The van der Waals surface area contributed by atoms with E-state index >= 15 is 0 Å². The van der Waals surface area contributed by atoms with Gasteiger partial charge in [0.2, 0.25) is 5.91 Å². The summed E-state index contributed by atoms with van der Waals surface area (Å²) in [6, 6.07) is 9.90. The van der Waals surface area contributed by atoms with Crippen molar-refractivity contribution in [2.24, 2.45) is 0 Å². The lowest BCUT2D eigenvalue weighted by molar-refractivity contribution is -0.121. The Morgan fingerprint density at radius 1 is 1.27 bits per heavy atom. The van der Waals surface area contributed by atoms with Gasteiger partial charge in [0.25, 0.3) is 0 Å². The molecule has 1 N–H and O–H groups in total. The number of rotatable bonds is 6. The predicted octanol–water partition coefficient (Wildman–Crippen LogP) is 1.61. The number of aromatic nitrogens is 4. The number of aryl methyl sites for hydroxylation is 1. The van der Waals surface area contributed by atoms with Crippen LogP contribution in [0.4, 0.5) is 0 Å². The Hall–Kier alpha value is -2.63. The molecule has 6 heteroatoms. The van der Waals surface area contributed by atoms with E-state index in [-0.39, 0.29) is 12.5 Å². The summed E-state index contributed by atoms with van der Waals surface area (Å²) >= 11 is 0. The third kappa shape index (κ3) is 3.00. The van der Waals surface area contributed by atoms with Crippen molar-refractivity contribution in [1.29, 1.82) is 0 Å². The molecule has 2 aromatic heterocycles. The molecule has 0 aliphatic rings. The highest BCUT2D eigenvalue weighted by Crippen LogP contribution is 2.15. The Kier molecular flexibility index (Phi) is 4.18. The number of para-hydroxylation sites is 2. The van der Waals surface area contributed by atoms with Gasteiger partial charge in [-0.05, 0) is 25.1 Å². The monoisotopic (exact) mass is 297 g/mol. The van der Waals surface area contributed by atoms with Gasteiger partial charge < -0.3 is 9.88 Å². The summed E-state index contributed by atoms with van der Waals surface area (Å²) < 4.78 is 3.80. The maximum Gasteiger partial charge on any atom is 0.241 e. The molecule has 3 aromatic rings. The Labute approximate surface area is 128 Å². The molecule has 1 amide bonds. The number of fused-ring (bicyclic) bond motifs is 1. The van der Waals surface area contributed by atoms with Crippen molar-refractivity contribution in [1.82, 2.24) is 24.6 Å². The van der Waals surface area contributed by atoms with Crippen LogP contribution in [0.3, 0.4) is 0 Å². The van der Waals surface area contributed by atoms with E-state index in [0.29, 0.717) is 13.0 Å². The summed E-state index contributed by atoms with van der Waals surface area (Å²) in [7, 11) is 0. The molecule has 0 aliphatic carbocycles. The van der Waals surface area contributed by atoms with Crippen LogP contribution in [0.5, 0.6) is 0 Å². The van der Waals surface area contributed by atoms with Gasteiger partial charge in [0, 0.05) is 31.9 Å². The van der Waals surface area contributed by atoms with Crippen molar-refractivity contribution < 1.29 is 4.79 Å². The van der Waals surface area contributed by atoms with Gasteiger partial charge in [-0.2, -0.15) is 5.10 Å². The number of nitrogens with one attached hydrogen (secondary N) is 1. The van der Waals surface area contributed by atoms with Crippen molar-refractivity contribution in [2.75, 3.05) is 6.54 Å². The number of imidazole rings is 1. The zero-order valence-electron chi connectivity index (χ0n) is 12.6. The lowest BCUT2D eigenvalue weighted by Crippen LogP contribution is -2.30. The number of carbonyl (C=O) groups is 1. The Morgan fingerprint density at radius 2 is 2.14 bits per heavy atom. The minimum absolute atomic E-state index is 0.0390. The van der Waals surface area contributed by atoms with Crippen LogP contribution in [0, 0.1) is 0 Å². The second kappa shape index (κ2) is 6.43. The fourth-order valence-electron chi connectivity index (χ4n) is 2.58. The molecule has 0 spiro atoms. The van der Waals surface area contributed by atoms with Crippen LogP contribution in [-0.4, -0.2) is 31.8 Å². The summed E-state index contributed by atoms with van der Waals surface area (Å²) in [5, 5.41) is 6.93. The summed E-state index contributed by atoms with van der Waals surface area (Å²) in [6.07, 6.45) is 4.15. The van der Waals surface area contributed by atoms with E-state index < -0.39 is 0 Å². The molecule has 0 radical (unpaired) electrons. The molecular weight excluding hydrogens is 278 g/mol. The van der Waals surface area contributed by atoms with E-state index in [1.54, 1.807) is 23.1 Å². The van der Waals surface area contributed by atoms with Gasteiger partial charge >= 0.3 is 0 Å². The molecule has 1 aromatic carbocycles. The van der Waals surface area contributed by atoms with Gasteiger partial charge in [0.05, 0.1) is 11.0 Å². The topological polar surface area (TPSA) is 64.7 Å². The molecule has 0 atom stereocenters. The first kappa shape index (κ1) is 14.3. The second-order valence-corrected chi connectivity index (χ2v) is 5.06. The fraction of sp³-hybridized carbons (Fsp3) is 0.312. The van der Waals surface area contributed by atoms with Gasteiger partial charge in [-0.25, -0.2) is 4.98 Å². The summed E-state index contributed by atoms with van der Waals surface area (Å²) in [4.78, 5) is 16.5. The minimum atomic E-state index is -0.0390. The number of hydrogen-bond donors (Lipinski definition) is 1. The third-order valence-electron chi connectivity index (χ3n) is 3.59. The van der Waals surface area contributed by atoms with Crippen molar-refractivity contribution in [3.05, 3.63) is 48.5 Å². The van der Waals surface area contributed by atoms with Crippen LogP contribution in [0.1, 0.15) is 12.7 Å². The van der Waals surface area contributed by atoms with Gasteiger partial charge in [-0.3, -0.25) is 9.48 Å². The smallest absolute Gasteiger partial charge is 0.241 e. The average molecular weight is 297 g/mol. The number of carbonyl (C=O) groups excluding carboxylic acids is 1. The average Bonchev–Trinajstić information content (AvgIpc) is 3.14. The lowest BCUT2D eigenvalue weighted by Gasteiger charge is -2.07. The standard InChI is InChI=1S/C16H19N5O/c1-2-21-14-7-4-3-6-13(14)19-15(21)8-10-17-16(22)12-20-11-5-9-18-20/h3-7,9,11H,2,8,10,12H2,1H3,(H,17,22). The van der Waals surface area contributed by atoms with Crippen LogP contribution in [0.25, 0.3) is 11.0 Å².